The molecule has 0 aliphatic carbocycles. The number of pyridine rings is 1. The molecule has 0 saturated heterocycles. The van der Waals surface area contributed by atoms with Crippen LogP contribution in [0, 0.1) is 0 Å². The molecule has 0 unspecified atom stereocenters. The quantitative estimate of drug-likeness (QED) is 0.282. The number of aromatic nitrogens is 3. The van der Waals surface area contributed by atoms with Crippen LogP contribution in [0.1, 0.15) is 5.56 Å². The van der Waals surface area contributed by atoms with Gasteiger partial charge in [0.15, 0.2) is 5.65 Å². The van der Waals surface area contributed by atoms with Crippen LogP contribution < -0.4 is 10.1 Å². The molecule has 2 heterocycles. The number of para-hydroxylation sites is 1. The predicted molar refractivity (Wildman–Crippen MR) is 136 cm³/mol. The highest BCUT2D eigenvalue weighted by atomic mass is 79.9. The summed E-state index contributed by atoms with van der Waals surface area (Å²) in [7, 11) is 1.67. The van der Waals surface area contributed by atoms with E-state index in [2.05, 4.69) is 61.5 Å². The van der Waals surface area contributed by atoms with Crippen molar-refractivity contribution in [3.05, 3.63) is 101 Å². The lowest BCUT2D eigenvalue weighted by Gasteiger charge is -2.15. The number of benzene rings is 3. The van der Waals surface area contributed by atoms with Gasteiger partial charge in [0.25, 0.3) is 0 Å². The Morgan fingerprint density at radius 3 is 2.39 bits per heavy atom. The summed E-state index contributed by atoms with van der Waals surface area (Å²) in [4.78, 5) is 14.0. The van der Waals surface area contributed by atoms with E-state index in [1.54, 1.807) is 13.4 Å². The van der Waals surface area contributed by atoms with E-state index in [-0.39, 0.29) is 0 Å². The Labute approximate surface area is 200 Å². The maximum atomic E-state index is 5.59. The van der Waals surface area contributed by atoms with Crippen LogP contribution in [-0.4, -0.2) is 22.1 Å². The second-order valence-electron chi connectivity index (χ2n) is 7.52. The van der Waals surface area contributed by atoms with Gasteiger partial charge in [-0.1, -0.05) is 70.5 Å². The molecule has 0 fully saturated rings. The van der Waals surface area contributed by atoms with E-state index < -0.39 is 0 Å². The van der Waals surface area contributed by atoms with Crippen molar-refractivity contribution in [2.24, 2.45) is 0 Å². The average Bonchev–Trinajstić information content (AvgIpc) is 2.87. The lowest BCUT2D eigenvalue weighted by atomic mass is 9.99. The third-order valence-electron chi connectivity index (χ3n) is 5.44. The lowest BCUT2D eigenvalue weighted by Crippen LogP contribution is -2.04. The first-order valence-corrected chi connectivity index (χ1v) is 11.3. The Bertz CT molecular complexity index is 1410. The van der Waals surface area contributed by atoms with Gasteiger partial charge in [-0.05, 0) is 47.0 Å². The number of nitrogens with one attached hydrogen (secondary N) is 1. The molecule has 0 bridgehead atoms. The topological polar surface area (TPSA) is 59.9 Å². The standard InChI is InChI=1S/C27H21BrN4O/c1-33-24-10-6-5-9-21(24)23-15-22(19-11-13-20(28)14-12-19)25-26(30-17-31-27(25)32-23)29-16-18-7-3-2-4-8-18/h2-15,17H,16H2,1H3,(H,29,30,31,32). The second-order valence-corrected chi connectivity index (χ2v) is 8.44. The van der Waals surface area contributed by atoms with Gasteiger partial charge in [-0.15, -0.1) is 0 Å². The van der Waals surface area contributed by atoms with Crippen molar-refractivity contribution in [2.45, 2.75) is 6.54 Å². The molecule has 5 aromatic rings. The van der Waals surface area contributed by atoms with Gasteiger partial charge in [0.2, 0.25) is 0 Å². The normalized spacial score (nSPS) is 10.8. The minimum Gasteiger partial charge on any atom is -0.496 e. The third-order valence-corrected chi connectivity index (χ3v) is 5.97. The van der Waals surface area contributed by atoms with Crippen molar-refractivity contribution in [2.75, 3.05) is 12.4 Å². The van der Waals surface area contributed by atoms with Crippen LogP contribution >= 0.6 is 15.9 Å². The van der Waals surface area contributed by atoms with Gasteiger partial charge >= 0.3 is 0 Å². The number of rotatable bonds is 6. The SMILES string of the molecule is COc1ccccc1-c1cc(-c2ccc(Br)cc2)c2c(NCc3ccccc3)ncnc2n1. The van der Waals surface area contributed by atoms with Crippen molar-refractivity contribution < 1.29 is 4.74 Å². The molecular formula is C27H21BrN4O. The number of fused-ring (bicyclic) bond motifs is 1. The zero-order chi connectivity index (χ0) is 22.6. The number of anilines is 1. The Morgan fingerprint density at radius 1 is 0.848 bits per heavy atom. The molecule has 0 amide bonds. The molecule has 5 nitrogen and oxygen atoms in total. The van der Waals surface area contributed by atoms with Crippen LogP contribution in [0.2, 0.25) is 0 Å². The van der Waals surface area contributed by atoms with E-state index in [1.165, 1.54) is 5.56 Å². The van der Waals surface area contributed by atoms with Crippen molar-refractivity contribution in [1.29, 1.82) is 0 Å². The molecule has 0 spiro atoms. The molecule has 33 heavy (non-hydrogen) atoms. The Morgan fingerprint density at radius 2 is 1.61 bits per heavy atom. The summed E-state index contributed by atoms with van der Waals surface area (Å²) < 4.78 is 6.61. The summed E-state index contributed by atoms with van der Waals surface area (Å²) in [6.07, 6.45) is 1.56. The summed E-state index contributed by atoms with van der Waals surface area (Å²) in [5.41, 5.74) is 5.57. The van der Waals surface area contributed by atoms with Gasteiger partial charge in [-0.2, -0.15) is 0 Å². The van der Waals surface area contributed by atoms with Crippen LogP contribution in [0.3, 0.4) is 0 Å². The monoisotopic (exact) mass is 496 g/mol. The van der Waals surface area contributed by atoms with E-state index in [1.807, 2.05) is 54.6 Å². The number of methoxy groups -OCH3 is 1. The fourth-order valence-electron chi connectivity index (χ4n) is 3.83. The maximum Gasteiger partial charge on any atom is 0.165 e. The molecule has 3 aromatic carbocycles. The molecule has 5 rings (SSSR count). The first-order valence-electron chi connectivity index (χ1n) is 10.6. The summed E-state index contributed by atoms with van der Waals surface area (Å²) in [5, 5.41) is 4.37. The predicted octanol–water partition coefficient (Wildman–Crippen LogP) is 6.74. The highest BCUT2D eigenvalue weighted by Gasteiger charge is 2.16. The van der Waals surface area contributed by atoms with E-state index in [9.17, 15) is 0 Å². The molecular weight excluding hydrogens is 476 g/mol. The van der Waals surface area contributed by atoms with Crippen molar-refractivity contribution in [3.63, 3.8) is 0 Å². The first-order chi connectivity index (χ1) is 16.2. The molecule has 0 aliphatic heterocycles. The van der Waals surface area contributed by atoms with Gasteiger partial charge in [0.05, 0.1) is 18.2 Å². The van der Waals surface area contributed by atoms with Crippen molar-refractivity contribution in [1.82, 2.24) is 15.0 Å². The van der Waals surface area contributed by atoms with Crippen LogP contribution in [-0.2, 0) is 6.54 Å². The summed E-state index contributed by atoms with van der Waals surface area (Å²) in [6.45, 7) is 0.654. The molecule has 0 radical (unpaired) electrons. The highest BCUT2D eigenvalue weighted by Crippen LogP contribution is 2.37. The lowest BCUT2D eigenvalue weighted by molar-refractivity contribution is 0.416. The van der Waals surface area contributed by atoms with Crippen LogP contribution in [0.4, 0.5) is 5.82 Å². The van der Waals surface area contributed by atoms with Gasteiger partial charge in [-0.3, -0.25) is 0 Å². The Kier molecular flexibility index (Phi) is 6.00. The van der Waals surface area contributed by atoms with Crippen LogP contribution in [0.25, 0.3) is 33.4 Å². The van der Waals surface area contributed by atoms with Gasteiger partial charge in [0.1, 0.15) is 17.9 Å². The number of nitrogens with zero attached hydrogens (tertiary/aromatic N) is 3. The number of ether oxygens (including phenoxy) is 1. The molecule has 0 saturated carbocycles. The molecule has 162 valence electrons. The summed E-state index contributed by atoms with van der Waals surface area (Å²) in [5.74, 6) is 1.52. The van der Waals surface area contributed by atoms with E-state index in [4.69, 9.17) is 9.72 Å². The summed E-state index contributed by atoms with van der Waals surface area (Å²) >= 11 is 3.54. The molecule has 0 aliphatic rings. The number of hydrogen-bond donors (Lipinski definition) is 1. The van der Waals surface area contributed by atoms with E-state index in [0.29, 0.717) is 12.2 Å². The van der Waals surface area contributed by atoms with Crippen molar-refractivity contribution >= 4 is 32.8 Å². The second kappa shape index (κ2) is 9.38. The zero-order valence-electron chi connectivity index (χ0n) is 18.0. The Hall–Kier alpha value is -3.77. The van der Waals surface area contributed by atoms with Gasteiger partial charge in [-0.25, -0.2) is 15.0 Å². The smallest absolute Gasteiger partial charge is 0.165 e. The van der Waals surface area contributed by atoms with E-state index >= 15 is 0 Å². The number of halogens is 1. The largest absolute Gasteiger partial charge is 0.496 e. The van der Waals surface area contributed by atoms with Crippen LogP contribution in [0.15, 0.2) is 95.7 Å². The minimum atomic E-state index is 0.627. The molecule has 1 N–H and O–H groups in total. The maximum absolute atomic E-state index is 5.59. The van der Waals surface area contributed by atoms with E-state index in [0.717, 1.165) is 43.8 Å². The first kappa shape index (κ1) is 21.1. The third kappa shape index (κ3) is 4.43. The molecule has 6 heteroatoms. The molecule has 0 atom stereocenters. The van der Waals surface area contributed by atoms with Crippen LogP contribution in [0.5, 0.6) is 5.75 Å². The Balaban J connectivity index is 1.69. The van der Waals surface area contributed by atoms with Gasteiger partial charge in [0, 0.05) is 16.6 Å². The highest BCUT2D eigenvalue weighted by molar-refractivity contribution is 9.10. The number of hydrogen-bond acceptors (Lipinski definition) is 5. The fraction of sp³-hybridized carbons (Fsp3) is 0.0741. The zero-order valence-corrected chi connectivity index (χ0v) is 19.6. The van der Waals surface area contributed by atoms with Crippen molar-refractivity contribution in [3.8, 4) is 28.1 Å². The fourth-order valence-corrected chi connectivity index (χ4v) is 4.10. The summed E-state index contributed by atoms with van der Waals surface area (Å²) in [6, 6.07) is 28.4. The average molecular weight is 497 g/mol. The molecule has 2 aromatic heterocycles. The minimum absolute atomic E-state index is 0.627. The van der Waals surface area contributed by atoms with Gasteiger partial charge < -0.3 is 10.1 Å².